The fraction of sp³-hybridized carbons (Fsp3) is 0.105. The average Bonchev–Trinajstić information content (AvgIpc) is 2.54. The Morgan fingerprint density at radius 3 is 2.17 bits per heavy atom. The molecular formula is C19H13Cl2F2. The van der Waals surface area contributed by atoms with Crippen molar-refractivity contribution in [2.24, 2.45) is 0 Å². The summed E-state index contributed by atoms with van der Waals surface area (Å²) in [4.78, 5) is 0. The fourth-order valence-electron chi connectivity index (χ4n) is 2.60. The Hall–Kier alpha value is -1.64. The van der Waals surface area contributed by atoms with Crippen molar-refractivity contribution < 1.29 is 8.78 Å². The van der Waals surface area contributed by atoms with E-state index >= 15 is 0 Å². The zero-order valence-electron chi connectivity index (χ0n) is 12.3. The lowest BCUT2D eigenvalue weighted by molar-refractivity contribution is 0.559. The van der Waals surface area contributed by atoms with Crippen LogP contribution >= 0.6 is 23.2 Å². The minimum Gasteiger partial charge on any atom is -0.208 e. The fourth-order valence-corrected chi connectivity index (χ4v) is 2.90. The van der Waals surface area contributed by atoms with Crippen LogP contribution in [0.1, 0.15) is 23.1 Å². The van der Waals surface area contributed by atoms with E-state index in [2.05, 4.69) is 0 Å². The number of allylic oxidation sites excluding steroid dienone is 4. The Balaban J connectivity index is 2.23. The number of aryl methyl sites for hydroxylation is 1. The van der Waals surface area contributed by atoms with Crippen molar-refractivity contribution in [3.8, 4) is 0 Å². The molecule has 4 heteroatoms. The summed E-state index contributed by atoms with van der Waals surface area (Å²) in [5.41, 5.74) is 3.42. The third kappa shape index (κ3) is 3.19. The normalized spacial score (nSPS) is 15.3. The van der Waals surface area contributed by atoms with Gasteiger partial charge in [-0.25, -0.2) is 8.78 Å². The number of halogens is 4. The van der Waals surface area contributed by atoms with E-state index in [9.17, 15) is 8.78 Å². The van der Waals surface area contributed by atoms with Gasteiger partial charge in [-0.1, -0.05) is 59.1 Å². The first-order valence-corrected chi connectivity index (χ1v) is 7.87. The maximum absolute atomic E-state index is 14.5. The van der Waals surface area contributed by atoms with Crippen molar-refractivity contribution in [3.63, 3.8) is 0 Å². The van der Waals surface area contributed by atoms with Crippen LogP contribution in [0.4, 0.5) is 8.78 Å². The summed E-state index contributed by atoms with van der Waals surface area (Å²) in [6.45, 7) is 1.98. The average molecular weight is 350 g/mol. The SMILES string of the molecule is Cc1ccc(C2=C(c3ccc(Cl)c(Cl)c3)C(F)=C(F)[CH]C2)cc1. The van der Waals surface area contributed by atoms with Crippen LogP contribution in [0.25, 0.3) is 11.1 Å². The lowest BCUT2D eigenvalue weighted by Gasteiger charge is -2.20. The molecule has 0 bridgehead atoms. The van der Waals surface area contributed by atoms with Gasteiger partial charge in [-0.2, -0.15) is 0 Å². The Morgan fingerprint density at radius 2 is 1.52 bits per heavy atom. The molecule has 2 aromatic carbocycles. The number of hydrogen-bond donors (Lipinski definition) is 0. The van der Waals surface area contributed by atoms with Gasteiger partial charge in [0.15, 0.2) is 5.83 Å². The van der Waals surface area contributed by atoms with Gasteiger partial charge in [0.2, 0.25) is 0 Å². The van der Waals surface area contributed by atoms with E-state index in [0.29, 0.717) is 22.0 Å². The molecule has 0 heterocycles. The van der Waals surface area contributed by atoms with Gasteiger partial charge in [0.1, 0.15) is 5.83 Å². The van der Waals surface area contributed by atoms with Crippen molar-refractivity contribution in [2.75, 3.05) is 0 Å². The van der Waals surface area contributed by atoms with Crippen LogP contribution in [0.2, 0.25) is 10.0 Å². The second-order valence-corrected chi connectivity index (χ2v) is 6.23. The monoisotopic (exact) mass is 349 g/mol. The predicted molar refractivity (Wildman–Crippen MR) is 92.6 cm³/mol. The molecule has 1 aliphatic carbocycles. The molecule has 0 atom stereocenters. The lowest BCUT2D eigenvalue weighted by atomic mass is 9.86. The van der Waals surface area contributed by atoms with Crippen LogP contribution in [0.5, 0.6) is 0 Å². The highest BCUT2D eigenvalue weighted by Crippen LogP contribution is 2.43. The highest BCUT2D eigenvalue weighted by atomic mass is 35.5. The van der Waals surface area contributed by atoms with Crippen LogP contribution in [0.15, 0.2) is 54.1 Å². The second kappa shape index (κ2) is 6.46. The van der Waals surface area contributed by atoms with Gasteiger partial charge < -0.3 is 0 Å². The molecule has 117 valence electrons. The first-order chi connectivity index (χ1) is 11.0. The molecule has 2 aromatic rings. The summed E-state index contributed by atoms with van der Waals surface area (Å²) in [6.07, 6.45) is 1.57. The Bertz CT molecular complexity index is 818. The van der Waals surface area contributed by atoms with E-state index in [1.54, 1.807) is 18.2 Å². The summed E-state index contributed by atoms with van der Waals surface area (Å²) in [6, 6.07) is 12.5. The van der Waals surface area contributed by atoms with Gasteiger partial charge in [0.25, 0.3) is 0 Å². The molecule has 0 N–H and O–H groups in total. The summed E-state index contributed by atoms with van der Waals surface area (Å²) in [5, 5.41) is 0.683. The molecule has 0 saturated heterocycles. The zero-order valence-corrected chi connectivity index (χ0v) is 13.8. The lowest BCUT2D eigenvalue weighted by Crippen LogP contribution is -2.02. The molecule has 0 saturated carbocycles. The van der Waals surface area contributed by atoms with Crippen LogP contribution in [-0.4, -0.2) is 0 Å². The number of hydrogen-bond acceptors (Lipinski definition) is 0. The summed E-state index contributed by atoms with van der Waals surface area (Å²) in [7, 11) is 0. The summed E-state index contributed by atoms with van der Waals surface area (Å²) >= 11 is 12.0. The van der Waals surface area contributed by atoms with Gasteiger partial charge in [-0.15, -0.1) is 0 Å². The molecule has 0 nitrogen and oxygen atoms in total. The topological polar surface area (TPSA) is 0 Å². The van der Waals surface area contributed by atoms with Gasteiger partial charge in [0, 0.05) is 12.0 Å². The highest BCUT2D eigenvalue weighted by Gasteiger charge is 2.25. The predicted octanol–water partition coefficient (Wildman–Crippen LogP) is 6.97. The maximum atomic E-state index is 14.5. The first-order valence-electron chi connectivity index (χ1n) is 7.12. The standard InChI is InChI=1S/C19H13Cl2F2/c1-11-2-4-12(5-3-11)14-7-9-17(22)19(23)18(14)13-6-8-15(20)16(21)10-13/h2-6,8-10H,7H2,1H3. The van der Waals surface area contributed by atoms with Crippen LogP contribution in [-0.2, 0) is 0 Å². The van der Waals surface area contributed by atoms with Gasteiger partial charge in [0.05, 0.1) is 10.0 Å². The molecule has 0 fully saturated rings. The third-order valence-electron chi connectivity index (χ3n) is 3.82. The van der Waals surface area contributed by atoms with Gasteiger partial charge in [-0.3, -0.25) is 0 Å². The maximum Gasteiger partial charge on any atom is 0.163 e. The molecule has 0 amide bonds. The Labute approximate surface area is 144 Å². The number of benzene rings is 2. The van der Waals surface area contributed by atoms with E-state index in [1.807, 2.05) is 31.2 Å². The molecule has 1 radical (unpaired) electrons. The van der Waals surface area contributed by atoms with Crippen LogP contribution in [0, 0.1) is 13.3 Å². The van der Waals surface area contributed by atoms with E-state index in [-0.39, 0.29) is 5.57 Å². The molecular weight excluding hydrogens is 337 g/mol. The third-order valence-corrected chi connectivity index (χ3v) is 4.56. The first kappa shape index (κ1) is 16.2. The zero-order chi connectivity index (χ0) is 16.6. The van der Waals surface area contributed by atoms with Gasteiger partial charge in [-0.05, 0) is 42.2 Å². The quantitative estimate of drug-likeness (QED) is 0.549. The Kier molecular flexibility index (Phi) is 4.56. The molecule has 1 aliphatic rings. The minimum absolute atomic E-state index is 0.229. The highest BCUT2D eigenvalue weighted by molar-refractivity contribution is 6.42. The van der Waals surface area contributed by atoms with Crippen LogP contribution in [0.3, 0.4) is 0 Å². The van der Waals surface area contributed by atoms with Crippen LogP contribution < -0.4 is 0 Å². The van der Waals surface area contributed by atoms with E-state index in [0.717, 1.165) is 16.7 Å². The summed E-state index contributed by atoms with van der Waals surface area (Å²) < 4.78 is 28.3. The van der Waals surface area contributed by atoms with Crippen molar-refractivity contribution in [1.82, 2.24) is 0 Å². The van der Waals surface area contributed by atoms with Crippen molar-refractivity contribution in [2.45, 2.75) is 13.3 Å². The molecule has 23 heavy (non-hydrogen) atoms. The number of rotatable bonds is 2. The molecule has 0 aromatic heterocycles. The Morgan fingerprint density at radius 1 is 0.870 bits per heavy atom. The van der Waals surface area contributed by atoms with Crippen molar-refractivity contribution in [1.29, 1.82) is 0 Å². The molecule has 0 aliphatic heterocycles. The minimum atomic E-state index is -0.870. The van der Waals surface area contributed by atoms with E-state index in [1.165, 1.54) is 6.42 Å². The van der Waals surface area contributed by atoms with Gasteiger partial charge >= 0.3 is 0 Å². The summed E-state index contributed by atoms with van der Waals surface area (Å²) in [5.74, 6) is -1.72. The van der Waals surface area contributed by atoms with Crippen molar-refractivity contribution >= 4 is 34.3 Å². The second-order valence-electron chi connectivity index (χ2n) is 5.42. The van der Waals surface area contributed by atoms with E-state index in [4.69, 9.17) is 23.2 Å². The molecule has 0 spiro atoms. The van der Waals surface area contributed by atoms with Crippen molar-refractivity contribution in [3.05, 3.63) is 87.3 Å². The van der Waals surface area contributed by atoms with E-state index < -0.39 is 11.7 Å². The molecule has 3 rings (SSSR count). The smallest absolute Gasteiger partial charge is 0.163 e. The largest absolute Gasteiger partial charge is 0.208 e. The molecule has 0 unspecified atom stereocenters.